The molecule has 0 radical (unpaired) electrons. The van der Waals surface area contributed by atoms with Crippen LogP contribution in [0, 0.1) is 0 Å². The summed E-state index contributed by atoms with van der Waals surface area (Å²) >= 11 is 0. The van der Waals surface area contributed by atoms with Crippen molar-refractivity contribution < 1.29 is 14.2 Å². The molecule has 1 aromatic carbocycles. The second-order valence-electron chi connectivity index (χ2n) is 6.83. The molecule has 0 aliphatic carbocycles. The Morgan fingerprint density at radius 1 is 1.20 bits per heavy atom. The predicted molar refractivity (Wildman–Crippen MR) is 98.6 cm³/mol. The van der Waals surface area contributed by atoms with Gasteiger partial charge in [0.1, 0.15) is 11.5 Å². The van der Waals surface area contributed by atoms with Gasteiger partial charge in [0, 0.05) is 56.9 Å². The molecule has 0 spiro atoms. The molecule has 2 aliphatic rings. The fourth-order valence-electron chi connectivity index (χ4n) is 3.82. The minimum Gasteiger partial charge on any atom is -0.497 e. The van der Waals surface area contributed by atoms with E-state index in [4.69, 9.17) is 14.2 Å². The van der Waals surface area contributed by atoms with Crippen LogP contribution in [0.25, 0.3) is 0 Å². The fraction of sp³-hybridized carbons (Fsp3) is 0.684. The van der Waals surface area contributed by atoms with E-state index in [1.807, 2.05) is 12.1 Å². The molecular formula is C19H31N3O3. The van der Waals surface area contributed by atoms with Gasteiger partial charge in [0.05, 0.1) is 33.5 Å². The molecule has 2 atom stereocenters. The first-order valence-electron chi connectivity index (χ1n) is 9.21. The van der Waals surface area contributed by atoms with Gasteiger partial charge in [-0.05, 0) is 13.0 Å². The van der Waals surface area contributed by atoms with Crippen LogP contribution in [-0.2, 0) is 4.74 Å². The summed E-state index contributed by atoms with van der Waals surface area (Å²) in [6.07, 6.45) is 0. The highest BCUT2D eigenvalue weighted by Crippen LogP contribution is 2.34. The van der Waals surface area contributed by atoms with Crippen LogP contribution in [0.15, 0.2) is 18.2 Å². The number of piperazine rings is 1. The van der Waals surface area contributed by atoms with E-state index in [9.17, 15) is 0 Å². The lowest BCUT2D eigenvalue weighted by atomic mass is 10.00. The van der Waals surface area contributed by atoms with E-state index in [0.29, 0.717) is 12.1 Å². The molecule has 0 saturated carbocycles. The van der Waals surface area contributed by atoms with E-state index in [2.05, 4.69) is 28.1 Å². The molecule has 6 nitrogen and oxygen atoms in total. The Hall–Kier alpha value is -1.34. The maximum atomic E-state index is 5.72. The predicted octanol–water partition coefficient (Wildman–Crippen LogP) is 1.37. The van der Waals surface area contributed by atoms with E-state index < -0.39 is 0 Å². The standard InChI is InChI=1S/C19H31N3O3/c1-15-13-20-6-7-22(15)18(14-21-8-10-25-11-9-21)17-5-4-16(23-2)12-19(17)24-3/h4-5,12,15,18,20H,6-11,13-14H2,1-3H3. The first kappa shape index (κ1) is 18.5. The van der Waals surface area contributed by atoms with Gasteiger partial charge >= 0.3 is 0 Å². The summed E-state index contributed by atoms with van der Waals surface area (Å²) in [6, 6.07) is 6.99. The summed E-state index contributed by atoms with van der Waals surface area (Å²) < 4.78 is 16.6. The quantitative estimate of drug-likeness (QED) is 0.837. The van der Waals surface area contributed by atoms with Gasteiger partial charge in [-0.2, -0.15) is 0 Å². The summed E-state index contributed by atoms with van der Waals surface area (Å²) in [4.78, 5) is 5.11. The summed E-state index contributed by atoms with van der Waals surface area (Å²) in [5.74, 6) is 1.74. The third-order valence-electron chi connectivity index (χ3n) is 5.29. The zero-order chi connectivity index (χ0) is 17.6. The molecule has 2 aliphatic heterocycles. The van der Waals surface area contributed by atoms with Gasteiger partial charge in [0.2, 0.25) is 0 Å². The molecule has 0 aromatic heterocycles. The van der Waals surface area contributed by atoms with Crippen LogP contribution in [-0.4, -0.2) is 82.5 Å². The van der Waals surface area contributed by atoms with Gasteiger partial charge in [-0.15, -0.1) is 0 Å². The van der Waals surface area contributed by atoms with Crippen molar-refractivity contribution in [2.24, 2.45) is 0 Å². The smallest absolute Gasteiger partial charge is 0.127 e. The number of methoxy groups -OCH3 is 2. The summed E-state index contributed by atoms with van der Waals surface area (Å²) in [6.45, 7) is 10.0. The molecule has 2 heterocycles. The van der Waals surface area contributed by atoms with E-state index in [-0.39, 0.29) is 0 Å². The lowest BCUT2D eigenvalue weighted by Crippen LogP contribution is -2.53. The maximum Gasteiger partial charge on any atom is 0.127 e. The van der Waals surface area contributed by atoms with Crippen molar-refractivity contribution in [1.82, 2.24) is 15.1 Å². The SMILES string of the molecule is COc1ccc(C(CN2CCOCC2)N2CCNCC2C)c(OC)c1. The van der Waals surface area contributed by atoms with Crippen molar-refractivity contribution in [1.29, 1.82) is 0 Å². The Morgan fingerprint density at radius 3 is 2.68 bits per heavy atom. The maximum absolute atomic E-state index is 5.72. The molecular weight excluding hydrogens is 318 g/mol. The molecule has 0 amide bonds. The van der Waals surface area contributed by atoms with Crippen LogP contribution >= 0.6 is 0 Å². The van der Waals surface area contributed by atoms with Crippen LogP contribution in [0.2, 0.25) is 0 Å². The Morgan fingerprint density at radius 2 is 2.00 bits per heavy atom. The molecule has 2 fully saturated rings. The van der Waals surface area contributed by atoms with Crippen molar-refractivity contribution in [3.05, 3.63) is 23.8 Å². The molecule has 0 bridgehead atoms. The summed E-state index contributed by atoms with van der Waals surface area (Å²) in [5, 5.41) is 3.49. The molecule has 25 heavy (non-hydrogen) atoms. The Bertz CT molecular complexity index is 549. The lowest BCUT2D eigenvalue weighted by molar-refractivity contribution is 0.0134. The first-order chi connectivity index (χ1) is 12.2. The van der Waals surface area contributed by atoms with Crippen molar-refractivity contribution in [3.63, 3.8) is 0 Å². The molecule has 2 saturated heterocycles. The number of nitrogens with one attached hydrogen (secondary N) is 1. The van der Waals surface area contributed by atoms with E-state index in [1.165, 1.54) is 5.56 Å². The molecule has 3 rings (SSSR count). The zero-order valence-electron chi connectivity index (χ0n) is 15.7. The number of hydrogen-bond acceptors (Lipinski definition) is 6. The second kappa shape index (κ2) is 8.85. The van der Waals surface area contributed by atoms with Crippen LogP contribution < -0.4 is 14.8 Å². The summed E-state index contributed by atoms with van der Waals surface area (Å²) in [5.41, 5.74) is 1.24. The van der Waals surface area contributed by atoms with Gasteiger partial charge in [-0.3, -0.25) is 9.80 Å². The van der Waals surface area contributed by atoms with Crippen LogP contribution in [0.5, 0.6) is 11.5 Å². The monoisotopic (exact) mass is 349 g/mol. The molecule has 1 N–H and O–H groups in total. The van der Waals surface area contributed by atoms with Gasteiger partial charge in [-0.1, -0.05) is 6.07 Å². The van der Waals surface area contributed by atoms with Crippen LogP contribution in [0.1, 0.15) is 18.5 Å². The third-order valence-corrected chi connectivity index (χ3v) is 5.29. The Balaban J connectivity index is 1.89. The van der Waals surface area contributed by atoms with Gasteiger partial charge < -0.3 is 19.5 Å². The molecule has 6 heteroatoms. The normalized spacial score (nSPS) is 24.0. The molecule has 140 valence electrons. The highest BCUT2D eigenvalue weighted by molar-refractivity contribution is 5.43. The number of rotatable bonds is 6. The highest BCUT2D eigenvalue weighted by Gasteiger charge is 2.31. The molecule has 1 aromatic rings. The van der Waals surface area contributed by atoms with Crippen molar-refractivity contribution in [3.8, 4) is 11.5 Å². The van der Waals surface area contributed by atoms with Crippen molar-refractivity contribution >= 4 is 0 Å². The average Bonchev–Trinajstić information content (AvgIpc) is 2.67. The third kappa shape index (κ3) is 4.44. The Labute approximate surface area is 151 Å². The largest absolute Gasteiger partial charge is 0.497 e. The van der Waals surface area contributed by atoms with Crippen molar-refractivity contribution in [2.45, 2.75) is 19.0 Å². The average molecular weight is 349 g/mol. The second-order valence-corrected chi connectivity index (χ2v) is 6.83. The van der Waals surface area contributed by atoms with Gasteiger partial charge in [0.15, 0.2) is 0 Å². The Kier molecular flexibility index (Phi) is 6.53. The van der Waals surface area contributed by atoms with Gasteiger partial charge in [0.25, 0.3) is 0 Å². The summed E-state index contributed by atoms with van der Waals surface area (Å²) in [7, 11) is 3.43. The zero-order valence-corrected chi connectivity index (χ0v) is 15.7. The minimum absolute atomic E-state index is 0.302. The lowest BCUT2D eigenvalue weighted by Gasteiger charge is -2.43. The topological polar surface area (TPSA) is 46.2 Å². The number of benzene rings is 1. The number of nitrogens with zero attached hydrogens (tertiary/aromatic N) is 2. The van der Waals surface area contributed by atoms with E-state index in [1.54, 1.807) is 14.2 Å². The first-order valence-corrected chi connectivity index (χ1v) is 9.21. The van der Waals surface area contributed by atoms with Gasteiger partial charge in [-0.25, -0.2) is 0 Å². The highest BCUT2D eigenvalue weighted by atomic mass is 16.5. The fourth-order valence-corrected chi connectivity index (χ4v) is 3.82. The van der Waals surface area contributed by atoms with E-state index in [0.717, 1.165) is 64.0 Å². The molecule has 2 unspecified atom stereocenters. The number of ether oxygens (including phenoxy) is 3. The van der Waals surface area contributed by atoms with E-state index >= 15 is 0 Å². The van der Waals surface area contributed by atoms with Crippen LogP contribution in [0.3, 0.4) is 0 Å². The number of hydrogen-bond donors (Lipinski definition) is 1. The minimum atomic E-state index is 0.302. The van der Waals surface area contributed by atoms with Crippen LogP contribution in [0.4, 0.5) is 0 Å². The van der Waals surface area contributed by atoms with Crippen molar-refractivity contribution in [2.75, 3.05) is 66.7 Å². The number of morpholine rings is 1.